The van der Waals surface area contributed by atoms with Crippen molar-refractivity contribution in [1.82, 2.24) is 19.1 Å². The molecule has 12 nitrogen and oxygen atoms in total. The second kappa shape index (κ2) is 19.1. The number of sulfonamides is 1. The van der Waals surface area contributed by atoms with Crippen LogP contribution < -0.4 is 9.64 Å². The molecule has 1 saturated heterocycles. The van der Waals surface area contributed by atoms with Crippen molar-refractivity contribution in [3.05, 3.63) is 102 Å². The summed E-state index contributed by atoms with van der Waals surface area (Å²) in [5.41, 5.74) is 5.25. The van der Waals surface area contributed by atoms with Crippen LogP contribution in [-0.4, -0.2) is 99.9 Å². The largest absolute Gasteiger partial charge is 0.490 e. The smallest absolute Gasteiger partial charge is 0.243 e. The second-order valence-corrected chi connectivity index (χ2v) is 16.4. The number of anilines is 1. The molecular weight excluding hydrogens is 707 g/mol. The maximum Gasteiger partial charge on any atom is 0.243 e. The highest BCUT2D eigenvalue weighted by molar-refractivity contribution is 7.89. The van der Waals surface area contributed by atoms with Crippen LogP contribution in [0.1, 0.15) is 54.4 Å². The third kappa shape index (κ3) is 10.3. The molecule has 13 heteroatoms. The number of fused-ring (bicyclic) bond motifs is 1. The first-order chi connectivity index (χ1) is 26.2. The van der Waals surface area contributed by atoms with Crippen LogP contribution in [-0.2, 0) is 48.7 Å². The van der Waals surface area contributed by atoms with Gasteiger partial charge in [0.1, 0.15) is 25.0 Å². The van der Waals surface area contributed by atoms with E-state index in [9.17, 15) is 8.42 Å². The summed E-state index contributed by atoms with van der Waals surface area (Å²) < 4.78 is 61.8. The Bertz CT molecular complexity index is 1840. The summed E-state index contributed by atoms with van der Waals surface area (Å²) in [6, 6.07) is 21.5. The highest BCUT2D eigenvalue weighted by Gasteiger charge is 2.43. The lowest BCUT2D eigenvalue weighted by molar-refractivity contribution is -0.0212. The molecule has 54 heavy (non-hydrogen) atoms. The van der Waals surface area contributed by atoms with Crippen molar-refractivity contribution in [3.8, 4) is 5.75 Å². The molecule has 0 radical (unpaired) electrons. The number of benzene rings is 3. The predicted molar refractivity (Wildman–Crippen MR) is 207 cm³/mol. The number of piperidine rings is 1. The average Bonchev–Trinajstić information content (AvgIpc) is 3.71. The summed E-state index contributed by atoms with van der Waals surface area (Å²) in [6.45, 7) is 9.99. The number of nitrogens with zero attached hydrogens (tertiary/aromatic N) is 5. The van der Waals surface area contributed by atoms with E-state index in [1.165, 1.54) is 0 Å². The Hall–Kier alpha value is -3.85. The minimum atomic E-state index is -3.85. The zero-order chi connectivity index (χ0) is 37.9. The lowest BCUT2D eigenvalue weighted by Crippen LogP contribution is -2.52. The SMILES string of the molecule is COCCCN1CCOc2ccc(CO[C@H]3CN(S(=O)(=O)c4ccc(C)cc4)[C@@H](CCn4cnnc4)C[C@@H]3c3ccc(COC[C@@H](C)COC)cc3)cc21. The van der Waals surface area contributed by atoms with E-state index in [0.717, 1.165) is 53.2 Å². The Morgan fingerprint density at radius 1 is 0.907 bits per heavy atom. The molecule has 0 N–H and O–H groups in total. The number of rotatable bonds is 19. The zero-order valence-corrected chi connectivity index (χ0v) is 32.8. The van der Waals surface area contributed by atoms with E-state index in [0.29, 0.717) is 64.9 Å². The first-order valence-corrected chi connectivity index (χ1v) is 20.4. The van der Waals surface area contributed by atoms with E-state index < -0.39 is 16.1 Å². The number of aryl methyl sites for hydroxylation is 2. The van der Waals surface area contributed by atoms with E-state index in [4.69, 9.17) is 23.7 Å². The van der Waals surface area contributed by atoms with E-state index in [2.05, 4.69) is 52.4 Å². The lowest BCUT2D eigenvalue weighted by Gasteiger charge is -2.43. The minimum Gasteiger partial charge on any atom is -0.490 e. The van der Waals surface area contributed by atoms with Gasteiger partial charge in [0.2, 0.25) is 10.0 Å². The van der Waals surface area contributed by atoms with Crippen molar-refractivity contribution in [3.63, 3.8) is 0 Å². The van der Waals surface area contributed by atoms with Crippen LogP contribution in [0.5, 0.6) is 5.75 Å². The summed E-state index contributed by atoms with van der Waals surface area (Å²) in [4.78, 5) is 2.62. The molecule has 292 valence electrons. The van der Waals surface area contributed by atoms with Gasteiger partial charge in [0.05, 0.1) is 49.7 Å². The number of hydrogen-bond donors (Lipinski definition) is 0. The molecule has 0 spiro atoms. The fourth-order valence-corrected chi connectivity index (χ4v) is 9.07. The van der Waals surface area contributed by atoms with E-state index in [1.54, 1.807) is 43.3 Å². The van der Waals surface area contributed by atoms with Crippen LogP contribution in [0.15, 0.2) is 84.3 Å². The third-order valence-electron chi connectivity index (χ3n) is 10.3. The summed E-state index contributed by atoms with van der Waals surface area (Å²) in [6.07, 6.45) is 5.05. The van der Waals surface area contributed by atoms with Crippen molar-refractivity contribution in [1.29, 1.82) is 0 Å². The summed E-state index contributed by atoms with van der Waals surface area (Å²) in [5, 5.41) is 7.93. The Balaban J connectivity index is 1.27. The van der Waals surface area contributed by atoms with E-state index in [1.807, 2.05) is 35.8 Å². The van der Waals surface area contributed by atoms with Crippen molar-refractivity contribution >= 4 is 15.7 Å². The van der Waals surface area contributed by atoms with Gasteiger partial charge < -0.3 is 33.2 Å². The number of ether oxygens (including phenoxy) is 5. The van der Waals surface area contributed by atoms with Crippen LogP contribution in [0.25, 0.3) is 0 Å². The first-order valence-electron chi connectivity index (χ1n) is 18.9. The molecule has 4 atom stereocenters. The molecule has 0 unspecified atom stereocenters. The standard InChI is InChI=1S/C41H55N5O7S/c1-31-6-13-37(14-7-31)54(47,48)46-24-41(53-28-34-10-15-40-39(22-34)45(19-21-52-40)17-5-20-49-3)38(23-36(46)16-18-44-29-42-43-30-44)35-11-8-33(9-12-35)27-51-26-32(2)25-50-4/h6-15,22,29-30,32,36,38,41H,5,16-21,23-28H2,1-4H3/t32-,36-,38+,41-/m0/s1. The molecule has 2 aliphatic rings. The molecular formula is C41H55N5O7S. The van der Waals surface area contributed by atoms with Gasteiger partial charge in [0.25, 0.3) is 0 Å². The molecule has 3 aromatic carbocycles. The van der Waals surface area contributed by atoms with Crippen LogP contribution in [0.3, 0.4) is 0 Å². The molecule has 0 amide bonds. The molecule has 3 heterocycles. The van der Waals surface area contributed by atoms with Gasteiger partial charge >= 0.3 is 0 Å². The maximum atomic E-state index is 14.5. The fraction of sp³-hybridized carbons (Fsp3) is 0.512. The van der Waals surface area contributed by atoms with Gasteiger partial charge in [-0.25, -0.2) is 8.42 Å². The Morgan fingerprint density at radius 2 is 1.67 bits per heavy atom. The Morgan fingerprint density at radius 3 is 2.41 bits per heavy atom. The minimum absolute atomic E-state index is 0.0522. The van der Waals surface area contributed by atoms with Gasteiger partial charge in [0.15, 0.2) is 0 Å². The third-order valence-corrected chi connectivity index (χ3v) is 12.2. The van der Waals surface area contributed by atoms with Gasteiger partial charge in [-0.05, 0) is 67.1 Å². The van der Waals surface area contributed by atoms with E-state index in [-0.39, 0.29) is 23.4 Å². The van der Waals surface area contributed by atoms with Gasteiger partial charge in [-0.1, -0.05) is 55.0 Å². The molecule has 1 fully saturated rings. The van der Waals surface area contributed by atoms with Gasteiger partial charge in [-0.15, -0.1) is 10.2 Å². The molecule has 0 aliphatic carbocycles. The highest BCUT2D eigenvalue weighted by Crippen LogP contribution is 2.39. The van der Waals surface area contributed by atoms with Crippen LogP contribution in [0.2, 0.25) is 0 Å². The quantitative estimate of drug-likeness (QED) is 0.108. The van der Waals surface area contributed by atoms with Gasteiger partial charge in [-0.3, -0.25) is 0 Å². The molecule has 4 aromatic rings. The topological polar surface area (TPSA) is 117 Å². The van der Waals surface area contributed by atoms with Crippen LogP contribution >= 0.6 is 0 Å². The lowest BCUT2D eigenvalue weighted by atomic mass is 9.83. The van der Waals surface area contributed by atoms with Crippen molar-refractivity contribution in [2.24, 2.45) is 5.92 Å². The Labute approximate surface area is 320 Å². The number of methoxy groups -OCH3 is 2. The van der Waals surface area contributed by atoms with E-state index >= 15 is 0 Å². The van der Waals surface area contributed by atoms with Crippen molar-refractivity contribution in [2.75, 3.05) is 65.2 Å². The highest BCUT2D eigenvalue weighted by atomic mass is 32.2. The molecule has 0 bridgehead atoms. The van der Waals surface area contributed by atoms with Crippen molar-refractivity contribution < 1.29 is 32.1 Å². The number of hydrogen-bond acceptors (Lipinski definition) is 10. The first kappa shape index (κ1) is 39.8. The Kier molecular flexibility index (Phi) is 14.1. The monoisotopic (exact) mass is 761 g/mol. The predicted octanol–water partition coefficient (Wildman–Crippen LogP) is 5.84. The van der Waals surface area contributed by atoms with Crippen LogP contribution in [0.4, 0.5) is 5.69 Å². The zero-order valence-electron chi connectivity index (χ0n) is 32.0. The maximum absolute atomic E-state index is 14.5. The molecule has 0 saturated carbocycles. The number of aromatic nitrogens is 3. The fourth-order valence-electron chi connectivity index (χ4n) is 7.39. The summed E-state index contributed by atoms with van der Waals surface area (Å²) >= 11 is 0. The van der Waals surface area contributed by atoms with Crippen molar-refractivity contribution in [2.45, 2.75) is 75.8 Å². The van der Waals surface area contributed by atoms with Gasteiger partial charge in [0, 0.05) is 58.3 Å². The summed E-state index contributed by atoms with van der Waals surface area (Å²) in [7, 11) is -0.417. The van der Waals surface area contributed by atoms with Crippen LogP contribution in [0, 0.1) is 12.8 Å². The molecule has 1 aromatic heterocycles. The average molecular weight is 762 g/mol. The normalized spacial score (nSPS) is 19.7. The molecule has 2 aliphatic heterocycles. The second-order valence-electron chi connectivity index (χ2n) is 14.5. The van der Waals surface area contributed by atoms with Gasteiger partial charge in [-0.2, -0.15) is 4.31 Å². The molecule has 6 rings (SSSR count). The summed E-state index contributed by atoms with van der Waals surface area (Å²) in [5.74, 6) is 1.12.